The van der Waals surface area contributed by atoms with Crippen molar-refractivity contribution in [2.24, 2.45) is 4.99 Å². The molecule has 0 spiro atoms. The maximum Gasteiger partial charge on any atom is 0.203 e. The van der Waals surface area contributed by atoms with Gasteiger partial charge >= 0.3 is 0 Å². The van der Waals surface area contributed by atoms with E-state index in [0.29, 0.717) is 11.5 Å². The molecule has 6 heteroatoms. The van der Waals surface area contributed by atoms with E-state index in [2.05, 4.69) is 55.7 Å². The average Bonchev–Trinajstić information content (AvgIpc) is 3.18. The van der Waals surface area contributed by atoms with E-state index in [1.54, 1.807) is 0 Å². The van der Waals surface area contributed by atoms with Crippen LogP contribution in [-0.4, -0.2) is 32.7 Å². The summed E-state index contributed by atoms with van der Waals surface area (Å²) in [7, 11) is 0. The molecule has 0 unspecified atom stereocenters. The standard InChI is InChI=1S/C16H14N6/c17-14-9-12(15-16(19-14)21-22-20-15)8-10-3-1-4-11(7-10)13-5-2-6-18-13/h1-5,7,9H,6,8H2,(H3,17,19,20,21,22). The molecule has 0 radical (unpaired) electrons. The largest absolute Gasteiger partial charge is 0.384 e. The molecule has 3 heterocycles. The summed E-state index contributed by atoms with van der Waals surface area (Å²) in [5, 5.41) is 10.8. The SMILES string of the molecule is Nc1cc(Cc2cccc(C3=NCC=C3)c2)c2n[nH]nc2n1. The minimum atomic E-state index is 0.454. The number of allylic oxidation sites excluding steroid dienone is 1. The summed E-state index contributed by atoms with van der Waals surface area (Å²) in [6.45, 7) is 0.764. The second kappa shape index (κ2) is 5.07. The summed E-state index contributed by atoms with van der Waals surface area (Å²) < 4.78 is 0. The Balaban J connectivity index is 1.72. The molecule has 1 aliphatic heterocycles. The van der Waals surface area contributed by atoms with Gasteiger partial charge in [0.25, 0.3) is 0 Å². The molecule has 0 saturated heterocycles. The molecule has 0 saturated carbocycles. The van der Waals surface area contributed by atoms with Gasteiger partial charge in [0, 0.05) is 0 Å². The number of rotatable bonds is 3. The van der Waals surface area contributed by atoms with Crippen LogP contribution in [0.2, 0.25) is 0 Å². The Morgan fingerprint density at radius 2 is 2.14 bits per heavy atom. The number of nitrogens with zero attached hydrogens (tertiary/aromatic N) is 4. The molecule has 1 aromatic carbocycles. The lowest BCUT2D eigenvalue weighted by atomic mass is 10.0. The number of aliphatic imine (C=N–C) groups is 1. The van der Waals surface area contributed by atoms with Crippen LogP contribution in [0.1, 0.15) is 16.7 Å². The Morgan fingerprint density at radius 3 is 3.00 bits per heavy atom. The number of nitrogen functional groups attached to an aromatic ring is 1. The van der Waals surface area contributed by atoms with E-state index < -0.39 is 0 Å². The molecule has 0 aliphatic carbocycles. The molecule has 0 bridgehead atoms. The molecule has 22 heavy (non-hydrogen) atoms. The van der Waals surface area contributed by atoms with E-state index in [4.69, 9.17) is 5.73 Å². The third kappa shape index (κ3) is 2.24. The van der Waals surface area contributed by atoms with Crippen molar-refractivity contribution in [3.8, 4) is 0 Å². The zero-order valence-electron chi connectivity index (χ0n) is 11.8. The van der Waals surface area contributed by atoms with Crippen molar-refractivity contribution in [3.63, 3.8) is 0 Å². The lowest BCUT2D eigenvalue weighted by Crippen LogP contribution is -1.99. The first-order valence-electron chi connectivity index (χ1n) is 7.06. The van der Waals surface area contributed by atoms with Crippen molar-refractivity contribution in [1.82, 2.24) is 20.4 Å². The summed E-state index contributed by atoms with van der Waals surface area (Å²) in [6, 6.07) is 10.2. The van der Waals surface area contributed by atoms with E-state index in [-0.39, 0.29) is 0 Å². The van der Waals surface area contributed by atoms with Gasteiger partial charge in [-0.25, -0.2) is 4.98 Å². The Bertz CT molecular complexity index is 906. The quantitative estimate of drug-likeness (QED) is 0.770. The number of pyridine rings is 1. The van der Waals surface area contributed by atoms with Crippen molar-refractivity contribution in [2.75, 3.05) is 12.3 Å². The molecule has 4 rings (SSSR count). The van der Waals surface area contributed by atoms with E-state index in [1.807, 2.05) is 12.1 Å². The highest BCUT2D eigenvalue weighted by molar-refractivity contribution is 6.09. The predicted octanol–water partition coefficient (Wildman–Crippen LogP) is 1.88. The molecular formula is C16H14N6. The molecule has 0 atom stereocenters. The van der Waals surface area contributed by atoms with E-state index >= 15 is 0 Å². The van der Waals surface area contributed by atoms with E-state index in [9.17, 15) is 0 Å². The summed E-state index contributed by atoms with van der Waals surface area (Å²) >= 11 is 0. The number of fused-ring (bicyclic) bond motifs is 1. The number of aromatic nitrogens is 4. The highest BCUT2D eigenvalue weighted by Gasteiger charge is 2.10. The molecular weight excluding hydrogens is 276 g/mol. The van der Waals surface area contributed by atoms with Gasteiger partial charge in [-0.3, -0.25) is 4.99 Å². The summed E-state index contributed by atoms with van der Waals surface area (Å²) in [4.78, 5) is 8.62. The fraction of sp³-hybridized carbons (Fsp3) is 0.125. The van der Waals surface area contributed by atoms with Gasteiger partial charge < -0.3 is 5.73 Å². The van der Waals surface area contributed by atoms with Gasteiger partial charge in [-0.2, -0.15) is 10.3 Å². The second-order valence-electron chi connectivity index (χ2n) is 5.21. The third-order valence-electron chi connectivity index (χ3n) is 3.65. The second-order valence-corrected chi connectivity index (χ2v) is 5.21. The van der Waals surface area contributed by atoms with Crippen molar-refractivity contribution < 1.29 is 0 Å². The number of nitrogens with two attached hydrogens (primary N) is 1. The van der Waals surface area contributed by atoms with Gasteiger partial charge in [0.1, 0.15) is 11.3 Å². The number of hydrogen-bond acceptors (Lipinski definition) is 5. The molecule has 108 valence electrons. The number of hydrogen-bond donors (Lipinski definition) is 2. The molecule has 6 nitrogen and oxygen atoms in total. The van der Waals surface area contributed by atoms with Crippen LogP contribution in [-0.2, 0) is 6.42 Å². The van der Waals surface area contributed by atoms with E-state index in [1.165, 1.54) is 5.56 Å². The fourth-order valence-corrected chi connectivity index (χ4v) is 2.67. The first-order chi connectivity index (χ1) is 10.8. The zero-order valence-corrected chi connectivity index (χ0v) is 11.8. The van der Waals surface area contributed by atoms with Crippen molar-refractivity contribution >= 4 is 22.7 Å². The molecule has 0 fully saturated rings. The topological polar surface area (TPSA) is 92.8 Å². The van der Waals surface area contributed by atoms with Crippen molar-refractivity contribution in [1.29, 1.82) is 0 Å². The van der Waals surface area contributed by atoms with Crippen molar-refractivity contribution in [3.05, 3.63) is 59.2 Å². The maximum absolute atomic E-state index is 5.85. The number of benzene rings is 1. The summed E-state index contributed by atoms with van der Waals surface area (Å²) in [5.41, 5.74) is 11.5. The van der Waals surface area contributed by atoms with Crippen LogP contribution >= 0.6 is 0 Å². The smallest absolute Gasteiger partial charge is 0.203 e. The van der Waals surface area contributed by atoms with Crippen LogP contribution in [0.25, 0.3) is 11.2 Å². The van der Waals surface area contributed by atoms with Crippen molar-refractivity contribution in [2.45, 2.75) is 6.42 Å². The van der Waals surface area contributed by atoms with Gasteiger partial charge in [-0.15, -0.1) is 5.10 Å². The first-order valence-corrected chi connectivity index (χ1v) is 7.06. The monoisotopic (exact) mass is 290 g/mol. The number of anilines is 1. The summed E-state index contributed by atoms with van der Waals surface area (Å²) in [5.74, 6) is 0.454. The molecule has 1 aliphatic rings. The normalized spacial score (nSPS) is 13.7. The fourth-order valence-electron chi connectivity index (χ4n) is 2.67. The van der Waals surface area contributed by atoms with Crippen LogP contribution in [0.3, 0.4) is 0 Å². The first kappa shape index (κ1) is 12.7. The predicted molar refractivity (Wildman–Crippen MR) is 85.9 cm³/mol. The highest BCUT2D eigenvalue weighted by atomic mass is 15.3. The average molecular weight is 290 g/mol. The van der Waals surface area contributed by atoms with Gasteiger partial charge in [-0.1, -0.05) is 24.3 Å². The van der Waals surface area contributed by atoms with Gasteiger partial charge in [0.2, 0.25) is 5.65 Å². The van der Waals surface area contributed by atoms with Crippen LogP contribution in [0, 0.1) is 0 Å². The zero-order chi connectivity index (χ0) is 14.9. The van der Waals surface area contributed by atoms with Crippen LogP contribution in [0.15, 0.2) is 47.5 Å². The van der Waals surface area contributed by atoms with Gasteiger partial charge in [-0.05, 0) is 41.3 Å². The molecule has 2 aromatic heterocycles. The maximum atomic E-state index is 5.85. The number of aromatic amines is 1. The lowest BCUT2D eigenvalue weighted by Gasteiger charge is -2.06. The van der Waals surface area contributed by atoms with Gasteiger partial charge in [0.05, 0.1) is 12.3 Å². The molecule has 0 amide bonds. The highest BCUT2D eigenvalue weighted by Crippen LogP contribution is 2.20. The van der Waals surface area contributed by atoms with Crippen LogP contribution in [0.4, 0.5) is 5.82 Å². The number of H-pyrrole nitrogens is 1. The molecule has 3 aromatic rings. The summed E-state index contributed by atoms with van der Waals surface area (Å²) in [6.07, 6.45) is 4.84. The lowest BCUT2D eigenvalue weighted by molar-refractivity contribution is 0.953. The Kier molecular flexibility index (Phi) is 2.93. The Hall–Kier alpha value is -3.02. The Labute approximate surface area is 126 Å². The Morgan fingerprint density at radius 1 is 1.18 bits per heavy atom. The third-order valence-corrected chi connectivity index (χ3v) is 3.65. The molecule has 3 N–H and O–H groups in total. The minimum absolute atomic E-state index is 0.454. The number of nitrogens with one attached hydrogen (secondary N) is 1. The van der Waals surface area contributed by atoms with Crippen LogP contribution in [0.5, 0.6) is 0 Å². The van der Waals surface area contributed by atoms with Crippen LogP contribution < -0.4 is 5.73 Å². The van der Waals surface area contributed by atoms with E-state index in [0.717, 1.165) is 35.3 Å². The minimum Gasteiger partial charge on any atom is -0.384 e. The van der Waals surface area contributed by atoms with Gasteiger partial charge in [0.15, 0.2) is 0 Å².